The molecular weight excluding hydrogens is 344 g/mol. The molecule has 1 aromatic heterocycles. The van der Waals surface area contributed by atoms with Crippen LogP contribution in [0, 0.1) is 0 Å². The molecule has 0 aromatic carbocycles. The molecule has 2 fully saturated rings. The average molecular weight is 370 g/mol. The average Bonchev–Trinajstić information content (AvgIpc) is 2.69. The third kappa shape index (κ3) is 4.68. The lowest BCUT2D eigenvalue weighted by atomic mass is 10.2. The zero-order valence-corrected chi connectivity index (χ0v) is 15.2. The predicted octanol–water partition coefficient (Wildman–Crippen LogP) is 1.16. The maximum atomic E-state index is 12.3. The van der Waals surface area contributed by atoms with Crippen LogP contribution in [0.4, 0.5) is 0 Å². The smallest absolute Gasteiger partial charge is 0.268 e. The van der Waals surface area contributed by atoms with Gasteiger partial charge in [-0.15, -0.1) is 0 Å². The highest BCUT2D eigenvalue weighted by Gasteiger charge is 2.38. The van der Waals surface area contributed by atoms with Crippen LogP contribution in [0.2, 0.25) is 0 Å². The molecule has 0 spiro atoms. The van der Waals surface area contributed by atoms with E-state index in [0.29, 0.717) is 12.1 Å². The van der Waals surface area contributed by atoms with E-state index in [1.165, 1.54) is 4.42 Å². The molecule has 0 bridgehead atoms. The van der Waals surface area contributed by atoms with Crippen molar-refractivity contribution in [1.29, 1.82) is 0 Å². The first kappa shape index (κ1) is 18.5. The summed E-state index contributed by atoms with van der Waals surface area (Å²) in [7, 11) is 0. The van der Waals surface area contributed by atoms with Gasteiger partial charge in [-0.3, -0.25) is 14.2 Å². The number of pyridine rings is 1. The molecule has 7 nitrogen and oxygen atoms in total. The van der Waals surface area contributed by atoms with E-state index in [-0.39, 0.29) is 5.91 Å². The Labute approximate surface area is 153 Å². The van der Waals surface area contributed by atoms with Crippen LogP contribution in [-0.4, -0.2) is 90.6 Å². The van der Waals surface area contributed by atoms with Crippen LogP contribution in [0.15, 0.2) is 24.5 Å². The molecule has 2 aliphatic rings. The Morgan fingerprint density at radius 1 is 1.16 bits per heavy atom. The number of hydrogen-bond acceptors (Lipinski definition) is 5. The van der Waals surface area contributed by atoms with Gasteiger partial charge in [-0.25, -0.2) is 4.59 Å². The molecule has 1 amide bonds. The van der Waals surface area contributed by atoms with E-state index in [2.05, 4.69) is 9.99 Å². The quantitative estimate of drug-likeness (QED) is 0.556. The first-order valence-corrected chi connectivity index (χ1v) is 9.20. The minimum absolute atomic E-state index is 0.177. The molecule has 0 unspecified atom stereocenters. The number of hydrogen-bond donors (Lipinski definition) is 0. The van der Waals surface area contributed by atoms with E-state index in [4.69, 9.17) is 21.3 Å². The Morgan fingerprint density at radius 2 is 1.80 bits per heavy atom. The lowest BCUT2D eigenvalue weighted by molar-refractivity contribution is -1.04. The number of amides is 1. The summed E-state index contributed by atoms with van der Waals surface area (Å²) >= 11 is 6.21. The van der Waals surface area contributed by atoms with Crippen molar-refractivity contribution in [3.63, 3.8) is 0 Å². The van der Waals surface area contributed by atoms with Crippen LogP contribution >= 0.6 is 11.8 Å². The third-order valence-corrected chi connectivity index (χ3v) is 5.29. The Bertz CT molecular complexity index is 548. The number of carbonyl (C=O) groups excluding carboxylic acids is 1. The Hall–Kier alpha value is -1.25. The largest absolute Gasteiger partial charge is 0.378 e. The van der Waals surface area contributed by atoms with Crippen molar-refractivity contribution in [3.05, 3.63) is 30.1 Å². The van der Waals surface area contributed by atoms with Gasteiger partial charge in [-0.05, 0) is 12.1 Å². The van der Waals surface area contributed by atoms with Crippen molar-refractivity contribution in [1.82, 2.24) is 14.4 Å². The Morgan fingerprint density at radius 3 is 2.48 bits per heavy atom. The van der Waals surface area contributed by atoms with Crippen molar-refractivity contribution in [2.75, 3.05) is 65.7 Å². The molecule has 3 rings (SSSR count). The number of carbonyl (C=O) groups is 1. The molecule has 8 heteroatoms. The van der Waals surface area contributed by atoms with Crippen LogP contribution in [0.1, 0.15) is 16.8 Å². The van der Waals surface area contributed by atoms with E-state index in [9.17, 15) is 4.79 Å². The molecular formula is C17H26ClN4O3+. The summed E-state index contributed by atoms with van der Waals surface area (Å²) in [6, 6.07) is 3.36. The molecule has 138 valence electrons. The lowest BCUT2D eigenvalue weighted by Crippen LogP contribution is -2.67. The highest BCUT2D eigenvalue weighted by molar-refractivity contribution is 6.24. The fourth-order valence-corrected chi connectivity index (χ4v) is 3.77. The van der Waals surface area contributed by atoms with Gasteiger partial charge in [-0.2, -0.15) is 5.01 Å². The van der Waals surface area contributed by atoms with E-state index in [1.807, 2.05) is 0 Å². The van der Waals surface area contributed by atoms with Gasteiger partial charge < -0.3 is 9.47 Å². The van der Waals surface area contributed by atoms with Crippen molar-refractivity contribution in [3.8, 4) is 0 Å². The molecule has 1 aromatic rings. The standard InChI is InChI=1S/C17H26ClN4O3/c18-21(17(23)16-2-4-19-5-3-16)6-1-9-22(10-14-25-15-11-22)20-7-12-24-13-8-20/h2-5H,1,6-15H2/q+1. The number of quaternary nitrogens is 1. The number of aromatic nitrogens is 1. The number of nitrogens with zero attached hydrogens (tertiary/aromatic N) is 4. The second kappa shape index (κ2) is 8.91. The summed E-state index contributed by atoms with van der Waals surface area (Å²) < 4.78 is 13.3. The molecule has 3 heterocycles. The van der Waals surface area contributed by atoms with E-state index in [0.717, 1.165) is 70.2 Å². The first-order chi connectivity index (χ1) is 12.2. The van der Waals surface area contributed by atoms with Gasteiger partial charge in [0.15, 0.2) is 0 Å². The van der Waals surface area contributed by atoms with E-state index >= 15 is 0 Å². The molecule has 0 radical (unpaired) electrons. The monoisotopic (exact) mass is 369 g/mol. The summed E-state index contributed by atoms with van der Waals surface area (Å²) in [4.78, 5) is 16.2. The molecule has 0 aliphatic carbocycles. The van der Waals surface area contributed by atoms with Gasteiger partial charge in [-0.1, -0.05) is 0 Å². The molecule has 2 saturated heterocycles. The zero-order valence-electron chi connectivity index (χ0n) is 14.5. The van der Waals surface area contributed by atoms with Crippen molar-refractivity contribution in [2.45, 2.75) is 6.42 Å². The van der Waals surface area contributed by atoms with E-state index in [1.54, 1.807) is 24.5 Å². The number of ether oxygens (including phenoxy) is 2. The third-order valence-electron chi connectivity index (χ3n) is 4.97. The van der Waals surface area contributed by atoms with Crippen LogP contribution in [0.3, 0.4) is 0 Å². The molecule has 0 N–H and O–H groups in total. The van der Waals surface area contributed by atoms with Gasteiger partial charge >= 0.3 is 0 Å². The number of morpholine rings is 2. The highest BCUT2D eigenvalue weighted by Crippen LogP contribution is 2.19. The first-order valence-electron chi connectivity index (χ1n) is 8.86. The summed E-state index contributed by atoms with van der Waals surface area (Å²) in [5.41, 5.74) is 0.563. The van der Waals surface area contributed by atoms with Gasteiger partial charge in [0, 0.05) is 42.7 Å². The normalized spacial score (nSPS) is 21.0. The number of rotatable bonds is 6. The molecule has 2 aliphatic heterocycles. The lowest BCUT2D eigenvalue weighted by Gasteiger charge is -2.49. The SMILES string of the molecule is O=C(c1ccncc1)N(Cl)CCC[N+]1(N2CCOCC2)CCOCC1. The maximum absolute atomic E-state index is 12.3. The Kier molecular flexibility index (Phi) is 6.61. The molecule has 25 heavy (non-hydrogen) atoms. The van der Waals surface area contributed by atoms with Gasteiger partial charge in [0.25, 0.3) is 5.91 Å². The summed E-state index contributed by atoms with van der Waals surface area (Å²) in [5, 5.41) is 2.50. The predicted molar refractivity (Wildman–Crippen MR) is 93.8 cm³/mol. The van der Waals surface area contributed by atoms with Gasteiger partial charge in [0.2, 0.25) is 0 Å². The minimum Gasteiger partial charge on any atom is -0.378 e. The summed E-state index contributed by atoms with van der Waals surface area (Å²) in [6.07, 6.45) is 4.05. The minimum atomic E-state index is -0.177. The zero-order chi connectivity index (χ0) is 17.5. The summed E-state index contributed by atoms with van der Waals surface area (Å²) in [5.74, 6) is -0.177. The van der Waals surface area contributed by atoms with Crippen LogP contribution in [0.5, 0.6) is 0 Å². The van der Waals surface area contributed by atoms with Crippen LogP contribution in [0.25, 0.3) is 0 Å². The Balaban J connectivity index is 1.55. The number of halogens is 1. The van der Waals surface area contributed by atoms with Crippen molar-refractivity contribution < 1.29 is 18.9 Å². The van der Waals surface area contributed by atoms with Gasteiger partial charge in [0.1, 0.15) is 13.1 Å². The molecule has 0 saturated carbocycles. The fourth-order valence-electron chi connectivity index (χ4n) is 3.55. The van der Waals surface area contributed by atoms with E-state index < -0.39 is 0 Å². The second-order valence-corrected chi connectivity index (χ2v) is 6.83. The topological polar surface area (TPSA) is 54.9 Å². The van der Waals surface area contributed by atoms with Crippen molar-refractivity contribution >= 4 is 17.7 Å². The van der Waals surface area contributed by atoms with Crippen LogP contribution in [-0.2, 0) is 9.47 Å². The van der Waals surface area contributed by atoms with Gasteiger partial charge in [0.05, 0.1) is 46.1 Å². The molecule has 0 atom stereocenters. The maximum Gasteiger partial charge on any atom is 0.268 e. The summed E-state index contributed by atoms with van der Waals surface area (Å²) in [6.45, 7) is 8.42. The highest BCUT2D eigenvalue weighted by atomic mass is 35.5. The van der Waals surface area contributed by atoms with Crippen molar-refractivity contribution in [2.24, 2.45) is 0 Å². The van der Waals surface area contributed by atoms with Crippen LogP contribution < -0.4 is 0 Å². The fraction of sp³-hybridized carbons (Fsp3) is 0.647. The second-order valence-electron chi connectivity index (χ2n) is 6.42.